The van der Waals surface area contributed by atoms with Gasteiger partial charge < -0.3 is 4.57 Å². The summed E-state index contributed by atoms with van der Waals surface area (Å²) < 4.78 is 31.1. The van der Waals surface area contributed by atoms with E-state index in [4.69, 9.17) is 16.6 Å². The molecule has 0 N–H and O–H groups in total. The van der Waals surface area contributed by atoms with Crippen LogP contribution in [0.1, 0.15) is 62.4 Å². The van der Waals surface area contributed by atoms with Crippen molar-refractivity contribution in [3.8, 4) is 0 Å². The molecule has 8 heteroatoms. The molecule has 3 aliphatic rings. The van der Waals surface area contributed by atoms with E-state index in [0.717, 1.165) is 37.1 Å². The van der Waals surface area contributed by atoms with Crippen LogP contribution in [0.15, 0.2) is 83.8 Å². The first-order valence-electron chi connectivity index (χ1n) is 15.3. The Balaban J connectivity index is 1.08. The molecule has 42 heavy (non-hydrogen) atoms. The van der Waals surface area contributed by atoms with Gasteiger partial charge in [0, 0.05) is 36.2 Å². The lowest BCUT2D eigenvalue weighted by atomic mass is 9.70. The Morgan fingerprint density at radius 2 is 1.57 bits per heavy atom. The zero-order valence-corrected chi connectivity index (χ0v) is 25.8. The fraction of sp³-hybridized carbons (Fsp3) is 0.441. The minimum absolute atomic E-state index is 0.0327. The van der Waals surface area contributed by atoms with Crippen LogP contribution >= 0.6 is 11.6 Å². The number of hydrogen-bond donors (Lipinski definition) is 0. The molecule has 4 aromatic rings. The molecule has 7 rings (SSSR count). The van der Waals surface area contributed by atoms with Crippen molar-refractivity contribution in [3.63, 3.8) is 0 Å². The first-order chi connectivity index (χ1) is 20.3. The van der Waals surface area contributed by atoms with E-state index in [1.807, 2.05) is 0 Å². The van der Waals surface area contributed by atoms with E-state index in [0.29, 0.717) is 36.2 Å². The summed E-state index contributed by atoms with van der Waals surface area (Å²) >= 11 is 6.14. The fourth-order valence-electron chi connectivity index (χ4n) is 8.20. The molecule has 2 bridgehead atoms. The van der Waals surface area contributed by atoms with E-state index >= 15 is 0 Å². The summed E-state index contributed by atoms with van der Waals surface area (Å²) in [4.78, 5) is 7.94. The van der Waals surface area contributed by atoms with Gasteiger partial charge in [0.05, 0.1) is 15.9 Å². The average Bonchev–Trinajstić information content (AvgIpc) is 3.47. The highest BCUT2D eigenvalue weighted by Gasteiger charge is 2.44. The van der Waals surface area contributed by atoms with Gasteiger partial charge in [-0.25, -0.2) is 13.4 Å². The van der Waals surface area contributed by atoms with Gasteiger partial charge in [-0.3, -0.25) is 4.90 Å². The maximum absolute atomic E-state index is 13.5. The minimum atomic E-state index is -3.58. The third-order valence-electron chi connectivity index (χ3n) is 10.3. The summed E-state index contributed by atoms with van der Waals surface area (Å²) in [5, 5.41) is 0.446. The first kappa shape index (κ1) is 28.1. The Morgan fingerprint density at radius 3 is 2.29 bits per heavy atom. The number of para-hydroxylation sites is 2. The Morgan fingerprint density at radius 1 is 0.881 bits per heavy atom. The zero-order valence-electron chi connectivity index (χ0n) is 24.2. The minimum Gasteiger partial charge on any atom is -0.325 e. The third kappa shape index (κ3) is 4.98. The maximum atomic E-state index is 13.5. The smallest absolute Gasteiger partial charge is 0.243 e. The van der Waals surface area contributed by atoms with E-state index in [1.54, 1.807) is 28.6 Å². The van der Waals surface area contributed by atoms with Crippen LogP contribution in [0.3, 0.4) is 0 Å². The predicted molar refractivity (Wildman–Crippen MR) is 168 cm³/mol. The molecule has 1 aromatic heterocycles. The normalized spacial score (nSPS) is 24.8. The molecule has 3 atom stereocenters. The Bertz CT molecular complexity index is 1670. The van der Waals surface area contributed by atoms with Crippen LogP contribution in [0, 0.1) is 6.92 Å². The number of aromatic nitrogens is 2. The van der Waals surface area contributed by atoms with Crippen LogP contribution in [0.2, 0.25) is 5.02 Å². The molecule has 3 fully saturated rings. The van der Waals surface area contributed by atoms with Gasteiger partial charge in [0.25, 0.3) is 0 Å². The number of halogens is 1. The van der Waals surface area contributed by atoms with Gasteiger partial charge in [-0.2, -0.15) is 4.31 Å². The highest BCUT2D eigenvalue weighted by molar-refractivity contribution is 7.89. The van der Waals surface area contributed by atoms with Crippen molar-refractivity contribution < 1.29 is 8.42 Å². The molecule has 3 saturated heterocycles. The number of sulfonamides is 1. The fourth-order valence-corrected chi connectivity index (χ4v) is 9.94. The van der Waals surface area contributed by atoms with E-state index in [2.05, 4.69) is 71.0 Å². The third-order valence-corrected chi connectivity index (χ3v) is 12.5. The highest BCUT2D eigenvalue weighted by Crippen LogP contribution is 2.45. The lowest BCUT2D eigenvalue weighted by Crippen LogP contribution is -2.49. The summed E-state index contributed by atoms with van der Waals surface area (Å²) in [6, 6.07) is 27.6. The molecule has 0 aliphatic carbocycles. The van der Waals surface area contributed by atoms with Crippen molar-refractivity contribution in [3.05, 3.63) is 95.3 Å². The molecule has 3 aliphatic heterocycles. The first-order valence-corrected chi connectivity index (χ1v) is 17.2. The lowest BCUT2D eigenvalue weighted by molar-refractivity contribution is 0.0895. The standard InChI is InChI=1S/C34H39ClN4O2S/c1-25-36-32-12-5-6-13-33(32)39(25)30-23-28-14-15-29(24-30)38(28)21-18-34(26-8-3-2-4-9-26)16-19-37(20-17-34)42(40,41)31-11-7-10-27(35)22-31/h2-13,22,28-30H,14-21,23-24H2,1H3/t28-,29+,30?. The molecule has 4 heterocycles. The van der Waals surface area contributed by atoms with Gasteiger partial charge in [0.2, 0.25) is 10.0 Å². The number of piperidine rings is 2. The van der Waals surface area contributed by atoms with Crippen LogP contribution in [-0.4, -0.2) is 58.9 Å². The molecule has 0 amide bonds. The molecule has 220 valence electrons. The van der Waals surface area contributed by atoms with Crippen LogP contribution in [0.5, 0.6) is 0 Å². The number of rotatable bonds is 7. The van der Waals surface area contributed by atoms with E-state index < -0.39 is 10.0 Å². The van der Waals surface area contributed by atoms with Crippen LogP contribution in [0.25, 0.3) is 11.0 Å². The van der Waals surface area contributed by atoms with Crippen molar-refractivity contribution in [1.29, 1.82) is 0 Å². The maximum Gasteiger partial charge on any atom is 0.243 e. The van der Waals surface area contributed by atoms with Gasteiger partial charge in [0.15, 0.2) is 0 Å². The van der Waals surface area contributed by atoms with Crippen molar-refractivity contribution in [2.45, 2.75) is 80.3 Å². The second-order valence-corrected chi connectivity index (χ2v) is 14.9. The monoisotopic (exact) mass is 602 g/mol. The summed E-state index contributed by atoms with van der Waals surface area (Å²) in [7, 11) is -3.58. The largest absolute Gasteiger partial charge is 0.325 e. The molecular weight excluding hydrogens is 564 g/mol. The van der Waals surface area contributed by atoms with E-state index in [9.17, 15) is 8.42 Å². The Hall–Kier alpha value is -2.71. The van der Waals surface area contributed by atoms with Crippen molar-refractivity contribution in [2.24, 2.45) is 0 Å². The Labute approximate surface area is 254 Å². The molecule has 0 saturated carbocycles. The lowest BCUT2D eigenvalue weighted by Gasteiger charge is -2.45. The van der Waals surface area contributed by atoms with Crippen molar-refractivity contribution in [1.82, 2.24) is 18.8 Å². The molecule has 6 nitrogen and oxygen atoms in total. The van der Waals surface area contributed by atoms with Crippen molar-refractivity contribution >= 4 is 32.7 Å². The van der Waals surface area contributed by atoms with Gasteiger partial charge in [0.1, 0.15) is 5.82 Å². The topological polar surface area (TPSA) is 58.4 Å². The summed E-state index contributed by atoms with van der Waals surface area (Å²) in [6.07, 6.45) is 7.55. The second kappa shape index (κ2) is 11.1. The summed E-state index contributed by atoms with van der Waals surface area (Å²) in [5.41, 5.74) is 3.66. The van der Waals surface area contributed by atoms with Gasteiger partial charge >= 0.3 is 0 Å². The van der Waals surface area contributed by atoms with Crippen molar-refractivity contribution in [2.75, 3.05) is 19.6 Å². The number of hydrogen-bond acceptors (Lipinski definition) is 4. The predicted octanol–water partition coefficient (Wildman–Crippen LogP) is 6.98. The van der Waals surface area contributed by atoms with E-state index in [-0.39, 0.29) is 10.3 Å². The summed E-state index contributed by atoms with van der Waals surface area (Å²) in [5.74, 6) is 1.12. The number of imidazole rings is 1. The molecule has 0 radical (unpaired) electrons. The van der Waals surface area contributed by atoms with E-state index in [1.165, 1.54) is 36.8 Å². The Kier molecular flexibility index (Phi) is 7.42. The number of fused-ring (bicyclic) bond motifs is 3. The molecule has 1 unspecified atom stereocenters. The van der Waals surface area contributed by atoms with Crippen LogP contribution in [0.4, 0.5) is 0 Å². The van der Waals surface area contributed by atoms with Gasteiger partial charge in [-0.05, 0) is 99.7 Å². The zero-order chi connectivity index (χ0) is 28.9. The van der Waals surface area contributed by atoms with Crippen LogP contribution in [-0.2, 0) is 15.4 Å². The second-order valence-electron chi connectivity index (χ2n) is 12.5. The number of nitrogens with zero attached hydrogens (tertiary/aromatic N) is 4. The average molecular weight is 603 g/mol. The molecular formula is C34H39ClN4O2S. The van der Waals surface area contributed by atoms with Crippen LogP contribution < -0.4 is 0 Å². The quantitative estimate of drug-likeness (QED) is 0.229. The summed E-state index contributed by atoms with van der Waals surface area (Å²) in [6.45, 7) is 4.25. The number of benzene rings is 3. The number of aryl methyl sites for hydroxylation is 1. The van der Waals surface area contributed by atoms with Gasteiger partial charge in [-0.1, -0.05) is 60.1 Å². The highest BCUT2D eigenvalue weighted by atomic mass is 35.5. The molecule has 3 aromatic carbocycles. The SMILES string of the molecule is Cc1nc2ccccc2n1C1C[C@H]2CC[C@@H](C1)N2CCC1(c2ccccc2)CCN(S(=O)(=O)c2cccc(Cl)c2)CC1. The van der Waals surface area contributed by atoms with Gasteiger partial charge in [-0.15, -0.1) is 0 Å². The molecule has 0 spiro atoms.